The number of allylic oxidation sites excluding steroid dienone is 5. The first kappa shape index (κ1) is 69.1. The van der Waals surface area contributed by atoms with Crippen molar-refractivity contribution in [1.29, 1.82) is 0 Å². The summed E-state index contributed by atoms with van der Waals surface area (Å²) in [5.41, 5.74) is 0. The Bertz CT molecular complexity index is 1150. The third kappa shape index (κ3) is 57.2. The first-order valence-electron chi connectivity index (χ1n) is 31.8. The summed E-state index contributed by atoms with van der Waals surface area (Å²) in [5, 5.41) is 23.1. The van der Waals surface area contributed by atoms with Crippen molar-refractivity contribution in [3.8, 4) is 0 Å². The Balaban J connectivity index is 3.36. The molecule has 0 rings (SSSR count). The molecule has 0 fully saturated rings. The molecular formula is C65H123NO5. The number of esters is 1. The molecule has 0 saturated heterocycles. The fraction of sp³-hybridized carbons (Fsp3) is 0.877. The molecule has 6 nitrogen and oxygen atoms in total. The van der Waals surface area contributed by atoms with Crippen LogP contribution in [-0.4, -0.2) is 47.4 Å². The molecule has 0 aromatic carbocycles. The first-order chi connectivity index (χ1) is 35.0. The highest BCUT2D eigenvalue weighted by Gasteiger charge is 2.18. The van der Waals surface area contributed by atoms with E-state index in [9.17, 15) is 19.8 Å². The normalized spacial score (nSPS) is 12.8. The van der Waals surface area contributed by atoms with Crippen LogP contribution in [0.1, 0.15) is 341 Å². The smallest absolute Gasteiger partial charge is 0.305 e. The van der Waals surface area contributed by atoms with Crippen LogP contribution in [0.4, 0.5) is 0 Å². The standard InChI is InChI=1S/C65H123NO5/c1-3-5-7-9-11-13-15-17-30-35-39-43-47-51-55-59-65(70)71-60-56-52-48-44-40-36-32-29-27-25-23-21-19-18-20-22-24-26-28-31-34-38-42-46-50-54-58-64(69)66-62(61-67)63(68)57-53-49-45-41-37-33-16-14-12-10-8-6-4-2/h11,13,17,30,53,57,62-63,67-68H,3-10,12,14-16,18-29,31-52,54-56,58-61H2,1-2H3,(H,66,69)/b13-11-,30-17-,57-53+/t62-,63+/m0/s1. The van der Waals surface area contributed by atoms with Crippen molar-refractivity contribution < 1.29 is 24.5 Å². The lowest BCUT2D eigenvalue weighted by Crippen LogP contribution is -2.45. The molecule has 71 heavy (non-hydrogen) atoms. The quantitative estimate of drug-likeness (QED) is 0.0321. The Morgan fingerprint density at radius 2 is 0.704 bits per heavy atom. The number of aliphatic hydroxyl groups is 2. The predicted molar refractivity (Wildman–Crippen MR) is 310 cm³/mol. The molecule has 0 aromatic rings. The number of unbranched alkanes of at least 4 members (excludes halogenated alkanes) is 44. The van der Waals surface area contributed by atoms with Gasteiger partial charge in [0, 0.05) is 12.8 Å². The molecule has 0 radical (unpaired) electrons. The number of carbonyl (C=O) groups excluding carboxylic acids is 2. The van der Waals surface area contributed by atoms with Gasteiger partial charge in [0.25, 0.3) is 0 Å². The number of ether oxygens (including phenoxy) is 1. The van der Waals surface area contributed by atoms with Gasteiger partial charge in [0.15, 0.2) is 0 Å². The molecular weight excluding hydrogens is 875 g/mol. The van der Waals surface area contributed by atoms with Gasteiger partial charge in [-0.05, 0) is 64.2 Å². The fourth-order valence-electron chi connectivity index (χ4n) is 9.78. The summed E-state index contributed by atoms with van der Waals surface area (Å²) in [6, 6.07) is -0.625. The van der Waals surface area contributed by atoms with Gasteiger partial charge in [-0.2, -0.15) is 0 Å². The summed E-state index contributed by atoms with van der Waals surface area (Å²) in [7, 11) is 0. The monoisotopic (exact) mass is 998 g/mol. The number of rotatable bonds is 59. The van der Waals surface area contributed by atoms with Gasteiger partial charge in [0.2, 0.25) is 5.91 Å². The second-order valence-electron chi connectivity index (χ2n) is 21.7. The summed E-state index contributed by atoms with van der Waals surface area (Å²) in [6.45, 7) is 4.88. The van der Waals surface area contributed by atoms with E-state index in [1.807, 2.05) is 6.08 Å². The summed E-state index contributed by atoms with van der Waals surface area (Å²) in [6.07, 6.45) is 76.2. The largest absolute Gasteiger partial charge is 0.466 e. The van der Waals surface area contributed by atoms with Gasteiger partial charge < -0.3 is 20.3 Å². The Morgan fingerprint density at radius 3 is 1.10 bits per heavy atom. The SMILES string of the molecule is CCCCC/C=C\C/C=C\CCCCCCCC(=O)OCCCCCCCCCCCCCCCCCCCCCCCCCCCCC(=O)N[C@@H](CO)[C@H](O)/C=C/CCCCCCCCCCCCC. The second-order valence-corrected chi connectivity index (χ2v) is 21.7. The average molecular weight is 999 g/mol. The van der Waals surface area contributed by atoms with E-state index < -0.39 is 12.1 Å². The van der Waals surface area contributed by atoms with Crippen molar-refractivity contribution in [2.24, 2.45) is 0 Å². The molecule has 0 aliphatic carbocycles. The maximum absolute atomic E-state index is 12.5. The maximum Gasteiger partial charge on any atom is 0.305 e. The molecule has 2 atom stereocenters. The van der Waals surface area contributed by atoms with E-state index in [2.05, 4.69) is 43.5 Å². The van der Waals surface area contributed by atoms with E-state index in [1.54, 1.807) is 6.08 Å². The van der Waals surface area contributed by atoms with E-state index in [-0.39, 0.29) is 18.5 Å². The number of amides is 1. The van der Waals surface area contributed by atoms with Gasteiger partial charge in [0.1, 0.15) is 0 Å². The zero-order valence-electron chi connectivity index (χ0n) is 47.7. The van der Waals surface area contributed by atoms with Crippen molar-refractivity contribution in [3.05, 3.63) is 36.5 Å². The van der Waals surface area contributed by atoms with Crippen LogP contribution in [0.2, 0.25) is 0 Å². The Labute approximate surface area is 443 Å². The van der Waals surface area contributed by atoms with Gasteiger partial charge in [-0.3, -0.25) is 9.59 Å². The van der Waals surface area contributed by atoms with Crippen LogP contribution in [0.5, 0.6) is 0 Å². The summed E-state index contributed by atoms with van der Waals surface area (Å²) in [5.74, 6) is -0.0625. The van der Waals surface area contributed by atoms with Crippen molar-refractivity contribution in [2.75, 3.05) is 13.2 Å². The molecule has 418 valence electrons. The highest BCUT2D eigenvalue weighted by atomic mass is 16.5. The lowest BCUT2D eigenvalue weighted by Gasteiger charge is -2.20. The minimum absolute atomic E-state index is 0.00280. The van der Waals surface area contributed by atoms with Crippen LogP contribution in [0.3, 0.4) is 0 Å². The Morgan fingerprint density at radius 1 is 0.394 bits per heavy atom. The van der Waals surface area contributed by atoms with Gasteiger partial charge >= 0.3 is 5.97 Å². The molecule has 6 heteroatoms. The lowest BCUT2D eigenvalue weighted by molar-refractivity contribution is -0.143. The molecule has 0 heterocycles. The van der Waals surface area contributed by atoms with Crippen LogP contribution >= 0.6 is 0 Å². The van der Waals surface area contributed by atoms with Crippen LogP contribution in [0.25, 0.3) is 0 Å². The van der Waals surface area contributed by atoms with Crippen molar-refractivity contribution in [1.82, 2.24) is 5.32 Å². The fourth-order valence-corrected chi connectivity index (χ4v) is 9.78. The number of carbonyl (C=O) groups is 2. The van der Waals surface area contributed by atoms with Crippen LogP contribution in [0, 0.1) is 0 Å². The van der Waals surface area contributed by atoms with Crippen molar-refractivity contribution in [2.45, 2.75) is 353 Å². The predicted octanol–water partition coefficient (Wildman–Crippen LogP) is 20.0. The molecule has 0 bridgehead atoms. The lowest BCUT2D eigenvalue weighted by atomic mass is 10.0. The molecule has 3 N–H and O–H groups in total. The van der Waals surface area contributed by atoms with Gasteiger partial charge in [-0.25, -0.2) is 0 Å². The summed E-state index contributed by atoms with van der Waals surface area (Å²) >= 11 is 0. The third-order valence-electron chi connectivity index (χ3n) is 14.7. The number of aliphatic hydroxyl groups excluding tert-OH is 2. The summed E-state index contributed by atoms with van der Waals surface area (Å²) < 4.78 is 5.48. The topological polar surface area (TPSA) is 95.9 Å². The van der Waals surface area contributed by atoms with E-state index in [0.717, 1.165) is 51.4 Å². The average Bonchev–Trinajstić information content (AvgIpc) is 3.37. The molecule has 0 unspecified atom stereocenters. The van der Waals surface area contributed by atoms with Crippen molar-refractivity contribution in [3.63, 3.8) is 0 Å². The molecule has 0 aliphatic heterocycles. The molecule has 0 aromatic heterocycles. The third-order valence-corrected chi connectivity index (χ3v) is 14.7. The highest BCUT2D eigenvalue weighted by molar-refractivity contribution is 5.76. The minimum atomic E-state index is -0.842. The van der Waals surface area contributed by atoms with Gasteiger partial charge in [-0.1, -0.05) is 301 Å². The molecule has 0 saturated carbocycles. The first-order valence-corrected chi connectivity index (χ1v) is 31.8. The van der Waals surface area contributed by atoms with Crippen LogP contribution in [-0.2, 0) is 14.3 Å². The minimum Gasteiger partial charge on any atom is -0.466 e. The molecule has 1 amide bonds. The van der Waals surface area contributed by atoms with Crippen LogP contribution < -0.4 is 5.32 Å². The Hall–Kier alpha value is -1.92. The number of hydrogen-bond acceptors (Lipinski definition) is 5. The van der Waals surface area contributed by atoms with E-state index >= 15 is 0 Å². The number of nitrogens with one attached hydrogen (secondary N) is 1. The number of hydrogen-bond donors (Lipinski definition) is 3. The summed E-state index contributed by atoms with van der Waals surface area (Å²) in [4.78, 5) is 24.5. The molecule has 0 spiro atoms. The zero-order chi connectivity index (χ0) is 51.4. The van der Waals surface area contributed by atoms with E-state index in [4.69, 9.17) is 4.74 Å². The van der Waals surface area contributed by atoms with Gasteiger partial charge in [0.05, 0.1) is 25.4 Å². The second kappa shape index (κ2) is 60.6. The van der Waals surface area contributed by atoms with Crippen LogP contribution in [0.15, 0.2) is 36.5 Å². The maximum atomic E-state index is 12.5. The zero-order valence-corrected chi connectivity index (χ0v) is 47.7. The van der Waals surface area contributed by atoms with E-state index in [1.165, 1.54) is 263 Å². The molecule has 0 aliphatic rings. The highest BCUT2D eigenvalue weighted by Crippen LogP contribution is 2.18. The van der Waals surface area contributed by atoms with E-state index in [0.29, 0.717) is 19.4 Å². The van der Waals surface area contributed by atoms with Crippen molar-refractivity contribution >= 4 is 11.9 Å². The Kier molecular flexibility index (Phi) is 59.0. The van der Waals surface area contributed by atoms with Gasteiger partial charge in [-0.15, -0.1) is 0 Å².